The molecule has 30 heavy (non-hydrogen) atoms. The maximum absolute atomic E-state index is 13.0. The summed E-state index contributed by atoms with van der Waals surface area (Å²) in [6.45, 7) is 8.51. The van der Waals surface area contributed by atoms with Crippen molar-refractivity contribution in [1.82, 2.24) is 24.5 Å². The van der Waals surface area contributed by atoms with Gasteiger partial charge in [-0.15, -0.1) is 0 Å². The van der Waals surface area contributed by atoms with Gasteiger partial charge in [0.15, 0.2) is 0 Å². The number of piperidine rings is 1. The molecule has 3 rings (SSSR count). The number of ether oxygens (including phenoxy) is 1. The molecular formula is C21H32N6O3. The van der Waals surface area contributed by atoms with Gasteiger partial charge in [0.25, 0.3) is 11.5 Å². The third-order valence-corrected chi connectivity index (χ3v) is 5.43. The molecule has 2 aromatic heterocycles. The molecule has 2 aromatic rings. The highest BCUT2D eigenvalue weighted by atomic mass is 16.5. The van der Waals surface area contributed by atoms with Gasteiger partial charge < -0.3 is 14.5 Å². The van der Waals surface area contributed by atoms with Crippen LogP contribution in [0.2, 0.25) is 0 Å². The predicted octanol–water partition coefficient (Wildman–Crippen LogP) is 1.75. The van der Waals surface area contributed by atoms with Crippen molar-refractivity contribution in [1.29, 1.82) is 0 Å². The minimum atomic E-state index is -0.182. The molecular weight excluding hydrogens is 384 g/mol. The van der Waals surface area contributed by atoms with Crippen molar-refractivity contribution in [3.63, 3.8) is 0 Å². The first-order valence-corrected chi connectivity index (χ1v) is 10.3. The molecule has 0 radical (unpaired) electrons. The number of likely N-dealkylation sites (N-methyl/N-ethyl adjacent to an activating group) is 1. The molecule has 0 saturated carbocycles. The van der Waals surface area contributed by atoms with E-state index < -0.39 is 0 Å². The van der Waals surface area contributed by atoms with Crippen molar-refractivity contribution < 1.29 is 9.53 Å². The second-order valence-corrected chi connectivity index (χ2v) is 8.80. The summed E-state index contributed by atoms with van der Waals surface area (Å²) < 4.78 is 8.39. The van der Waals surface area contributed by atoms with E-state index in [-0.39, 0.29) is 23.0 Å². The van der Waals surface area contributed by atoms with E-state index in [1.807, 2.05) is 32.7 Å². The number of nitrogens with zero attached hydrogens (tertiary/aromatic N) is 6. The van der Waals surface area contributed by atoms with Crippen LogP contribution in [0.4, 0.5) is 5.69 Å². The number of hydrogen-bond acceptors (Lipinski definition) is 6. The van der Waals surface area contributed by atoms with Crippen LogP contribution in [-0.4, -0.2) is 70.8 Å². The monoisotopic (exact) mass is 416 g/mol. The van der Waals surface area contributed by atoms with Crippen LogP contribution < -0.4 is 10.5 Å². The molecule has 1 fully saturated rings. The number of methoxy groups -OCH3 is 1. The van der Waals surface area contributed by atoms with Crippen LogP contribution in [-0.2, 0) is 10.3 Å². The van der Waals surface area contributed by atoms with Gasteiger partial charge in [-0.2, -0.15) is 10.2 Å². The van der Waals surface area contributed by atoms with Gasteiger partial charge in [0.05, 0.1) is 41.8 Å². The summed E-state index contributed by atoms with van der Waals surface area (Å²) in [7, 11) is 3.55. The van der Waals surface area contributed by atoms with Crippen molar-refractivity contribution in [3.05, 3.63) is 40.6 Å². The Morgan fingerprint density at radius 3 is 2.70 bits per heavy atom. The highest BCUT2D eigenvalue weighted by molar-refractivity contribution is 5.93. The number of anilines is 1. The van der Waals surface area contributed by atoms with Gasteiger partial charge in [-0.25, -0.2) is 4.68 Å². The van der Waals surface area contributed by atoms with Gasteiger partial charge in [-0.1, -0.05) is 0 Å². The average molecular weight is 417 g/mol. The van der Waals surface area contributed by atoms with E-state index >= 15 is 0 Å². The second kappa shape index (κ2) is 8.99. The summed E-state index contributed by atoms with van der Waals surface area (Å²) in [5.41, 5.74) is 0.988. The largest absolute Gasteiger partial charge is 0.383 e. The number of hydrogen-bond donors (Lipinski definition) is 0. The van der Waals surface area contributed by atoms with Crippen LogP contribution >= 0.6 is 0 Å². The zero-order valence-corrected chi connectivity index (χ0v) is 18.5. The van der Waals surface area contributed by atoms with Crippen LogP contribution in [0.1, 0.15) is 50.0 Å². The Morgan fingerprint density at radius 2 is 2.07 bits per heavy atom. The number of rotatable bonds is 6. The molecule has 1 amide bonds. The maximum Gasteiger partial charge on any atom is 0.269 e. The van der Waals surface area contributed by atoms with Crippen molar-refractivity contribution in [2.75, 3.05) is 45.3 Å². The van der Waals surface area contributed by atoms with Gasteiger partial charge >= 0.3 is 0 Å². The SMILES string of the molecule is COCCN(C)c1cnn([C@@H]2CCCN(C(=O)c3cnn(C(C)(C)C)c3)C2)c(=O)c1. The van der Waals surface area contributed by atoms with Crippen LogP contribution in [0.25, 0.3) is 0 Å². The second-order valence-electron chi connectivity index (χ2n) is 8.80. The fraction of sp³-hybridized carbons (Fsp3) is 0.619. The molecule has 0 aromatic carbocycles. The topological polar surface area (TPSA) is 85.5 Å². The first-order valence-electron chi connectivity index (χ1n) is 10.3. The quantitative estimate of drug-likeness (QED) is 0.713. The Kier molecular flexibility index (Phi) is 6.60. The molecule has 9 heteroatoms. The first-order chi connectivity index (χ1) is 14.2. The number of carbonyl (C=O) groups excluding carboxylic acids is 1. The minimum Gasteiger partial charge on any atom is -0.383 e. The lowest BCUT2D eigenvalue weighted by Gasteiger charge is -2.33. The van der Waals surface area contributed by atoms with Crippen LogP contribution in [0.3, 0.4) is 0 Å². The molecule has 1 atom stereocenters. The van der Waals surface area contributed by atoms with E-state index in [1.165, 1.54) is 4.68 Å². The van der Waals surface area contributed by atoms with E-state index in [2.05, 4.69) is 10.2 Å². The zero-order valence-electron chi connectivity index (χ0n) is 18.5. The van der Waals surface area contributed by atoms with Crippen molar-refractivity contribution in [3.8, 4) is 0 Å². The highest BCUT2D eigenvalue weighted by Crippen LogP contribution is 2.22. The Balaban J connectivity index is 1.72. The molecule has 3 heterocycles. The summed E-state index contributed by atoms with van der Waals surface area (Å²) in [4.78, 5) is 29.4. The van der Waals surface area contributed by atoms with E-state index in [9.17, 15) is 9.59 Å². The van der Waals surface area contributed by atoms with Crippen LogP contribution in [0, 0.1) is 0 Å². The number of likely N-dealkylation sites (tertiary alicyclic amines) is 1. The molecule has 0 bridgehead atoms. The van der Waals surface area contributed by atoms with Crippen molar-refractivity contribution in [2.24, 2.45) is 0 Å². The molecule has 0 aliphatic carbocycles. The average Bonchev–Trinajstić information content (AvgIpc) is 3.22. The van der Waals surface area contributed by atoms with Crippen LogP contribution in [0.5, 0.6) is 0 Å². The van der Waals surface area contributed by atoms with E-state index in [0.29, 0.717) is 31.8 Å². The van der Waals surface area contributed by atoms with E-state index in [4.69, 9.17) is 4.74 Å². The van der Waals surface area contributed by atoms with Gasteiger partial charge in [0.2, 0.25) is 0 Å². The Labute approximate surface area is 177 Å². The number of aromatic nitrogens is 4. The first kappa shape index (κ1) is 22.0. The van der Waals surface area contributed by atoms with Gasteiger partial charge in [-0.3, -0.25) is 14.3 Å². The lowest BCUT2D eigenvalue weighted by Crippen LogP contribution is -2.43. The molecule has 1 aliphatic heterocycles. The lowest BCUT2D eigenvalue weighted by atomic mass is 10.0. The molecule has 0 N–H and O–H groups in total. The minimum absolute atomic E-state index is 0.0563. The Hall–Kier alpha value is -2.68. The molecule has 1 aliphatic rings. The summed E-state index contributed by atoms with van der Waals surface area (Å²) in [6.07, 6.45) is 6.75. The summed E-state index contributed by atoms with van der Waals surface area (Å²) in [6, 6.07) is 1.46. The highest BCUT2D eigenvalue weighted by Gasteiger charge is 2.28. The maximum atomic E-state index is 13.0. The third kappa shape index (κ3) is 4.89. The fourth-order valence-corrected chi connectivity index (χ4v) is 3.57. The Morgan fingerprint density at radius 1 is 1.30 bits per heavy atom. The molecule has 0 spiro atoms. The molecule has 0 unspecified atom stereocenters. The molecule has 1 saturated heterocycles. The summed E-state index contributed by atoms with van der Waals surface area (Å²) >= 11 is 0. The molecule has 164 valence electrons. The normalized spacial score (nSPS) is 17.2. The molecule has 9 nitrogen and oxygen atoms in total. The van der Waals surface area contributed by atoms with Gasteiger partial charge in [0.1, 0.15) is 0 Å². The lowest BCUT2D eigenvalue weighted by molar-refractivity contribution is 0.0669. The predicted molar refractivity (Wildman–Crippen MR) is 115 cm³/mol. The van der Waals surface area contributed by atoms with Gasteiger partial charge in [0, 0.05) is 46.1 Å². The Bertz CT molecular complexity index is 929. The smallest absolute Gasteiger partial charge is 0.269 e. The number of amides is 1. The van der Waals surface area contributed by atoms with Crippen molar-refractivity contribution in [2.45, 2.75) is 45.2 Å². The third-order valence-electron chi connectivity index (χ3n) is 5.43. The van der Waals surface area contributed by atoms with Gasteiger partial charge in [-0.05, 0) is 33.6 Å². The number of carbonyl (C=O) groups is 1. The van der Waals surface area contributed by atoms with E-state index in [0.717, 1.165) is 18.5 Å². The summed E-state index contributed by atoms with van der Waals surface area (Å²) in [5.74, 6) is -0.0563. The van der Waals surface area contributed by atoms with Crippen LogP contribution in [0.15, 0.2) is 29.5 Å². The summed E-state index contributed by atoms with van der Waals surface area (Å²) in [5, 5.41) is 8.73. The fourth-order valence-electron chi connectivity index (χ4n) is 3.57. The standard InChI is InChI=1S/C21H32N6O3/c1-21(2,3)26-14-16(12-22-26)20(29)25-8-6-7-17(15-25)27-19(28)11-18(13-23-27)24(4)9-10-30-5/h11-14,17H,6-10,15H2,1-5H3/t17-/m1/s1. The van der Waals surface area contributed by atoms with Crippen molar-refractivity contribution >= 4 is 11.6 Å². The zero-order chi connectivity index (χ0) is 21.9. The van der Waals surface area contributed by atoms with E-state index in [1.54, 1.807) is 41.3 Å².